The van der Waals surface area contributed by atoms with E-state index in [1.54, 1.807) is 94.3 Å². The van der Waals surface area contributed by atoms with Gasteiger partial charge in [-0.3, -0.25) is 19.2 Å². The topological polar surface area (TPSA) is 152 Å². The summed E-state index contributed by atoms with van der Waals surface area (Å²) in [5.41, 5.74) is 6.74. The highest BCUT2D eigenvalue weighted by Crippen LogP contribution is 2.35. The van der Waals surface area contributed by atoms with E-state index in [2.05, 4.69) is 31.5 Å². The van der Waals surface area contributed by atoms with Gasteiger partial charge in [0.15, 0.2) is 11.4 Å². The molecular weight excluding hydrogens is 989 g/mol. The smallest absolute Gasteiger partial charge is 0.272 e. The summed E-state index contributed by atoms with van der Waals surface area (Å²) in [5.74, 6) is -1.25. The molecule has 0 unspecified atom stereocenters. The van der Waals surface area contributed by atoms with Gasteiger partial charge in [0.1, 0.15) is 0 Å². The highest BCUT2D eigenvalue weighted by molar-refractivity contribution is 6.36. The summed E-state index contributed by atoms with van der Waals surface area (Å²) in [5, 5.41) is 23.8. The molecule has 4 amide bonds. The molecule has 4 N–H and O–H groups in total. The van der Waals surface area contributed by atoms with Crippen molar-refractivity contribution in [2.45, 2.75) is 39.5 Å². The van der Waals surface area contributed by atoms with Crippen LogP contribution in [-0.4, -0.2) is 69.4 Å². The Morgan fingerprint density at radius 2 is 0.735 bits per heavy atom. The van der Waals surface area contributed by atoms with Crippen LogP contribution in [-0.2, 0) is 0 Å². The quantitative estimate of drug-likeness (QED) is 0.0628. The molecule has 0 aliphatic heterocycles. The lowest BCUT2D eigenvalue weighted by Crippen LogP contribution is -2.28. The summed E-state index contributed by atoms with van der Waals surface area (Å²) in [6.45, 7) is 5.14. The SMILES string of the molecule is Cc1c(C(=O)NCCCCNC(=O)c2ccc(C(=O)NCCCCNC(=O)c3nn(-c4ccc(Cl)cc4Cl)c(-c4ccc(Cl)cc4)c3C)cc2)nn(-c2ccc(Cl)cc2Cl)c1-c1ccc(Cl)cc1. The predicted octanol–water partition coefficient (Wildman–Crippen LogP) is 11.8. The van der Waals surface area contributed by atoms with E-state index >= 15 is 0 Å². The number of nitrogens with one attached hydrogen (secondary N) is 4. The molecule has 12 nitrogen and oxygen atoms in total. The van der Waals surface area contributed by atoms with E-state index in [-0.39, 0.29) is 35.0 Å². The van der Waals surface area contributed by atoms with Crippen LogP contribution in [0, 0.1) is 13.8 Å². The summed E-state index contributed by atoms with van der Waals surface area (Å²) < 4.78 is 3.27. The molecule has 0 bridgehead atoms. The van der Waals surface area contributed by atoms with E-state index in [1.165, 1.54) is 0 Å². The maximum absolute atomic E-state index is 13.4. The van der Waals surface area contributed by atoms with Gasteiger partial charge in [-0.2, -0.15) is 10.2 Å². The van der Waals surface area contributed by atoms with E-state index in [4.69, 9.17) is 69.6 Å². The van der Waals surface area contributed by atoms with Gasteiger partial charge in [-0.25, -0.2) is 9.36 Å². The number of nitrogens with zero attached hydrogens (tertiary/aromatic N) is 4. The molecule has 0 spiro atoms. The number of amides is 4. The third kappa shape index (κ3) is 12.0. The fraction of sp³-hybridized carbons (Fsp3) is 0.200. The van der Waals surface area contributed by atoms with E-state index in [9.17, 15) is 19.2 Å². The average Bonchev–Trinajstić information content (AvgIpc) is 3.84. The van der Waals surface area contributed by atoms with Crippen molar-refractivity contribution in [2.24, 2.45) is 0 Å². The van der Waals surface area contributed by atoms with Crippen molar-refractivity contribution in [3.63, 3.8) is 0 Å². The second-order valence-corrected chi connectivity index (χ2v) is 18.2. The summed E-state index contributed by atoms with van der Waals surface area (Å²) in [6.07, 6.45) is 2.41. The third-order valence-corrected chi connectivity index (χ3v) is 12.5. The van der Waals surface area contributed by atoms with Crippen molar-refractivity contribution < 1.29 is 19.2 Å². The number of hydrogen-bond acceptors (Lipinski definition) is 6. The average molecular weight is 1030 g/mol. The molecule has 0 fully saturated rings. The molecule has 0 saturated carbocycles. The fourth-order valence-corrected chi connectivity index (χ4v) is 8.65. The molecule has 0 aliphatic carbocycles. The molecule has 0 radical (unpaired) electrons. The lowest BCUT2D eigenvalue weighted by Gasteiger charge is -2.11. The number of unbranched alkanes of at least 4 members (excludes halogenated alkanes) is 2. The summed E-state index contributed by atoms with van der Waals surface area (Å²) in [7, 11) is 0. The molecule has 350 valence electrons. The molecule has 18 heteroatoms. The Balaban J connectivity index is 0.828. The minimum Gasteiger partial charge on any atom is -0.352 e. The maximum Gasteiger partial charge on any atom is 0.272 e. The van der Waals surface area contributed by atoms with Crippen molar-refractivity contribution in [3.05, 3.63) is 173 Å². The second kappa shape index (κ2) is 23.0. The van der Waals surface area contributed by atoms with Crippen LogP contribution in [0.15, 0.2) is 109 Å². The molecular formula is C50H44Cl6N8O4. The molecule has 7 aromatic rings. The predicted molar refractivity (Wildman–Crippen MR) is 272 cm³/mol. The zero-order chi connectivity index (χ0) is 48.5. The van der Waals surface area contributed by atoms with Crippen LogP contribution < -0.4 is 21.3 Å². The van der Waals surface area contributed by atoms with Crippen molar-refractivity contribution in [3.8, 4) is 33.9 Å². The fourth-order valence-electron chi connectivity index (χ4n) is 7.42. The molecule has 2 aromatic heterocycles. The van der Waals surface area contributed by atoms with Gasteiger partial charge in [-0.1, -0.05) is 93.9 Å². The van der Waals surface area contributed by atoms with Gasteiger partial charge >= 0.3 is 0 Å². The van der Waals surface area contributed by atoms with Crippen LogP contribution in [0.25, 0.3) is 33.9 Å². The Kier molecular flexibility index (Phi) is 16.9. The molecule has 0 aliphatic rings. The summed E-state index contributed by atoms with van der Waals surface area (Å²) in [6, 6.07) is 31.0. The first kappa shape index (κ1) is 50.0. The number of carbonyl (C=O) groups excluding carboxylic acids is 4. The van der Waals surface area contributed by atoms with Crippen LogP contribution >= 0.6 is 69.6 Å². The Morgan fingerprint density at radius 3 is 1.06 bits per heavy atom. The number of benzene rings is 5. The van der Waals surface area contributed by atoms with Crippen LogP contribution in [0.3, 0.4) is 0 Å². The van der Waals surface area contributed by atoms with E-state index in [1.807, 2.05) is 38.1 Å². The van der Waals surface area contributed by atoms with Crippen LogP contribution in [0.2, 0.25) is 30.1 Å². The van der Waals surface area contributed by atoms with Crippen molar-refractivity contribution in [1.82, 2.24) is 40.8 Å². The lowest BCUT2D eigenvalue weighted by atomic mass is 10.1. The standard InChI is InChI=1S/C50H44Cl6N8O4/c1-29-43(61-63(41-21-19-37(53)27-39(41)55)45(29)31-11-15-35(51)16-12-31)49(67)59-25-5-3-23-57-47(65)33-7-9-34(10-8-33)48(66)58-24-4-6-26-60-50(68)44-30(2)46(32-13-17-36(52)18-14-32)64(62-44)42-22-20-38(54)28-40(42)56/h7-22,27-28H,3-6,23-26H2,1-2H3,(H,57,65)(H,58,66)(H,59,67)(H,60,68). The first-order valence-electron chi connectivity index (χ1n) is 21.5. The lowest BCUT2D eigenvalue weighted by molar-refractivity contribution is 0.0934. The Hall–Kier alpha value is -5.86. The Labute approximate surface area is 423 Å². The molecule has 68 heavy (non-hydrogen) atoms. The van der Waals surface area contributed by atoms with Crippen molar-refractivity contribution >= 4 is 93.2 Å². The minimum absolute atomic E-state index is 0.247. The van der Waals surface area contributed by atoms with Gasteiger partial charge in [0.2, 0.25) is 0 Å². The third-order valence-electron chi connectivity index (χ3n) is 10.9. The highest BCUT2D eigenvalue weighted by atomic mass is 35.5. The molecule has 0 saturated heterocycles. The monoisotopic (exact) mass is 1030 g/mol. The number of carbonyl (C=O) groups is 4. The van der Waals surface area contributed by atoms with Gasteiger partial charge in [0.25, 0.3) is 23.6 Å². The van der Waals surface area contributed by atoms with Gasteiger partial charge < -0.3 is 21.3 Å². The second-order valence-electron chi connectivity index (χ2n) is 15.7. The molecule has 5 aromatic carbocycles. The van der Waals surface area contributed by atoms with Gasteiger partial charge in [0.05, 0.1) is 32.8 Å². The summed E-state index contributed by atoms with van der Waals surface area (Å²) in [4.78, 5) is 52.5. The van der Waals surface area contributed by atoms with Crippen LogP contribution in [0.5, 0.6) is 0 Å². The van der Waals surface area contributed by atoms with Gasteiger partial charge in [0, 0.05) is 79.7 Å². The normalized spacial score (nSPS) is 11.1. The first-order valence-corrected chi connectivity index (χ1v) is 23.8. The maximum atomic E-state index is 13.4. The van der Waals surface area contributed by atoms with Crippen molar-refractivity contribution in [2.75, 3.05) is 26.2 Å². The van der Waals surface area contributed by atoms with E-state index < -0.39 is 0 Å². The largest absolute Gasteiger partial charge is 0.352 e. The Morgan fingerprint density at radius 1 is 0.426 bits per heavy atom. The summed E-state index contributed by atoms with van der Waals surface area (Å²) >= 11 is 37.7. The number of halogens is 6. The number of hydrogen-bond donors (Lipinski definition) is 4. The van der Waals surface area contributed by atoms with E-state index in [0.717, 1.165) is 11.1 Å². The minimum atomic E-state index is -0.346. The Bertz CT molecular complexity index is 2770. The van der Waals surface area contributed by atoms with Crippen LogP contribution in [0.4, 0.5) is 0 Å². The molecule has 7 rings (SSSR count). The van der Waals surface area contributed by atoms with E-state index in [0.29, 0.717) is 127 Å². The number of rotatable bonds is 18. The number of aromatic nitrogens is 4. The van der Waals surface area contributed by atoms with Gasteiger partial charge in [-0.15, -0.1) is 0 Å². The van der Waals surface area contributed by atoms with Crippen molar-refractivity contribution in [1.29, 1.82) is 0 Å². The molecule has 2 heterocycles. The highest BCUT2D eigenvalue weighted by Gasteiger charge is 2.25. The van der Waals surface area contributed by atoms with Gasteiger partial charge in [-0.05, 0) is 124 Å². The first-order chi connectivity index (χ1) is 32.7. The zero-order valence-electron chi connectivity index (χ0n) is 36.7. The zero-order valence-corrected chi connectivity index (χ0v) is 41.3. The van der Waals surface area contributed by atoms with Crippen LogP contribution in [0.1, 0.15) is 78.5 Å². The molecule has 0 atom stereocenters.